The molecular weight excluding hydrogens is 489 g/mol. The fraction of sp³-hybridized carbons (Fsp3) is 0.444. The van der Waals surface area contributed by atoms with E-state index in [-0.39, 0.29) is 11.5 Å². The van der Waals surface area contributed by atoms with E-state index in [0.717, 1.165) is 4.68 Å². The van der Waals surface area contributed by atoms with Gasteiger partial charge in [0.1, 0.15) is 17.6 Å². The van der Waals surface area contributed by atoms with Crippen molar-refractivity contribution in [3.8, 4) is 11.8 Å². The monoisotopic (exact) mass is 504 g/mol. The van der Waals surface area contributed by atoms with Crippen molar-refractivity contribution in [3.05, 3.63) is 33.4 Å². The molecule has 13 heteroatoms. The molecule has 170 valence electrons. The zero-order valence-electron chi connectivity index (χ0n) is 16.2. The van der Waals surface area contributed by atoms with Crippen molar-refractivity contribution < 1.29 is 26.3 Å². The number of anilines is 1. The number of aromatic nitrogens is 2. The van der Waals surface area contributed by atoms with Crippen molar-refractivity contribution in [2.75, 3.05) is 18.0 Å². The molecule has 2 rings (SSSR count). The van der Waals surface area contributed by atoms with Gasteiger partial charge in [-0.25, -0.2) is 4.68 Å². The Balaban J connectivity index is 2.86. The normalized spacial score (nSPS) is 12.2. The molecule has 0 spiro atoms. The Morgan fingerprint density at radius 3 is 1.97 bits per heavy atom. The number of halogens is 8. The van der Waals surface area contributed by atoms with Gasteiger partial charge in [0.25, 0.3) is 0 Å². The van der Waals surface area contributed by atoms with Gasteiger partial charge in [0.05, 0.1) is 20.5 Å². The number of nitrogens with zero attached hydrogens (tertiary/aromatic N) is 4. The highest BCUT2D eigenvalue weighted by Crippen LogP contribution is 2.46. The molecule has 0 atom stereocenters. The molecule has 0 N–H and O–H groups in total. The second-order valence-electron chi connectivity index (χ2n) is 6.35. The van der Waals surface area contributed by atoms with Gasteiger partial charge in [0, 0.05) is 13.1 Å². The molecule has 0 aliphatic carbocycles. The summed E-state index contributed by atoms with van der Waals surface area (Å²) in [5, 5.41) is 12.4. The first kappa shape index (κ1) is 25.5. The van der Waals surface area contributed by atoms with Crippen molar-refractivity contribution in [2.24, 2.45) is 0 Å². The highest BCUT2D eigenvalue weighted by molar-refractivity contribution is 8.00. The van der Waals surface area contributed by atoms with Gasteiger partial charge in [0.2, 0.25) is 0 Å². The first-order valence-electron chi connectivity index (χ1n) is 8.94. The van der Waals surface area contributed by atoms with Crippen molar-refractivity contribution >= 4 is 40.8 Å². The van der Waals surface area contributed by atoms with E-state index in [1.807, 2.05) is 13.8 Å². The van der Waals surface area contributed by atoms with Crippen molar-refractivity contribution in [3.63, 3.8) is 0 Å². The fourth-order valence-corrected chi connectivity index (χ4v) is 4.27. The SMILES string of the molecule is CCCN(CCC)c1c(SC(F)(F)F)c(C#N)nn1-c1c(Cl)cc(C(F)(F)F)cc1Cl. The standard InChI is InChI=1S/C18H16Cl2F6N4S/c1-3-5-29(6-4-2)16-15(31-18(24,25)26)13(9-27)28-30(16)14-11(19)7-10(8-12(14)20)17(21,22)23/h7-8H,3-6H2,1-2H3. The Morgan fingerprint density at radius 1 is 1.06 bits per heavy atom. The van der Waals surface area contributed by atoms with E-state index >= 15 is 0 Å². The predicted octanol–water partition coefficient (Wildman–Crippen LogP) is 7.31. The summed E-state index contributed by atoms with van der Waals surface area (Å²) in [6.07, 6.45) is -3.63. The van der Waals surface area contributed by atoms with Crippen LogP contribution in [0.2, 0.25) is 10.0 Å². The number of rotatable bonds is 7. The van der Waals surface area contributed by atoms with E-state index in [9.17, 15) is 31.6 Å². The predicted molar refractivity (Wildman–Crippen MR) is 108 cm³/mol. The minimum Gasteiger partial charge on any atom is -0.356 e. The number of benzene rings is 1. The van der Waals surface area contributed by atoms with Crippen LogP contribution in [0.4, 0.5) is 32.2 Å². The lowest BCUT2D eigenvalue weighted by molar-refractivity contribution is -0.137. The molecule has 2 aromatic rings. The molecule has 31 heavy (non-hydrogen) atoms. The van der Waals surface area contributed by atoms with Crippen LogP contribution in [0.15, 0.2) is 17.0 Å². The molecule has 0 aliphatic heterocycles. The molecule has 0 saturated carbocycles. The summed E-state index contributed by atoms with van der Waals surface area (Å²) in [7, 11) is 0. The van der Waals surface area contributed by atoms with E-state index in [2.05, 4.69) is 5.10 Å². The molecule has 0 fully saturated rings. The molecule has 1 aromatic carbocycles. The zero-order valence-corrected chi connectivity index (χ0v) is 18.5. The first-order valence-corrected chi connectivity index (χ1v) is 10.5. The van der Waals surface area contributed by atoms with Crippen molar-refractivity contribution in [1.82, 2.24) is 9.78 Å². The fourth-order valence-electron chi connectivity index (χ4n) is 2.91. The highest BCUT2D eigenvalue weighted by Gasteiger charge is 2.37. The molecular formula is C18H16Cl2F6N4S. The summed E-state index contributed by atoms with van der Waals surface area (Å²) in [6.45, 7) is 4.24. The van der Waals surface area contributed by atoms with Gasteiger partial charge in [-0.05, 0) is 36.7 Å². The van der Waals surface area contributed by atoms with Gasteiger partial charge in [0.15, 0.2) is 5.69 Å². The van der Waals surface area contributed by atoms with Crippen LogP contribution in [0.3, 0.4) is 0 Å². The molecule has 0 amide bonds. The van der Waals surface area contributed by atoms with Crippen LogP contribution in [-0.2, 0) is 6.18 Å². The summed E-state index contributed by atoms with van der Waals surface area (Å²) in [4.78, 5) is 1.11. The van der Waals surface area contributed by atoms with Crippen LogP contribution in [0.5, 0.6) is 0 Å². The highest BCUT2D eigenvalue weighted by atomic mass is 35.5. The summed E-state index contributed by atoms with van der Waals surface area (Å²) in [5.74, 6) is -0.105. The second kappa shape index (κ2) is 9.79. The number of alkyl halides is 6. The van der Waals surface area contributed by atoms with Gasteiger partial charge in [-0.2, -0.15) is 36.7 Å². The second-order valence-corrected chi connectivity index (χ2v) is 8.24. The lowest BCUT2D eigenvalue weighted by atomic mass is 10.2. The van der Waals surface area contributed by atoms with Crippen LogP contribution in [0.1, 0.15) is 37.9 Å². The summed E-state index contributed by atoms with van der Waals surface area (Å²) >= 11 is 11.6. The molecule has 0 unspecified atom stereocenters. The Labute approximate surface area is 188 Å². The number of thioether (sulfide) groups is 1. The molecule has 4 nitrogen and oxygen atoms in total. The lowest BCUT2D eigenvalue weighted by Gasteiger charge is -2.26. The first-order chi connectivity index (χ1) is 14.3. The average molecular weight is 505 g/mol. The minimum absolute atomic E-state index is 0.105. The van der Waals surface area contributed by atoms with Gasteiger partial charge in [-0.15, -0.1) is 0 Å². The van der Waals surface area contributed by atoms with Gasteiger partial charge >= 0.3 is 11.7 Å². The molecule has 0 saturated heterocycles. The van der Waals surface area contributed by atoms with Gasteiger partial charge in [-0.3, -0.25) is 0 Å². The Bertz CT molecular complexity index is 952. The minimum atomic E-state index is -4.73. The van der Waals surface area contributed by atoms with E-state index in [1.165, 1.54) is 0 Å². The maximum absolute atomic E-state index is 13.2. The van der Waals surface area contributed by atoms with Gasteiger partial charge in [-0.1, -0.05) is 37.0 Å². The van der Waals surface area contributed by atoms with E-state index in [0.29, 0.717) is 38.1 Å². The summed E-state index contributed by atoms with van der Waals surface area (Å²) in [5.41, 5.74) is -6.63. The van der Waals surface area contributed by atoms with Crippen molar-refractivity contribution in [2.45, 2.75) is 43.3 Å². The maximum Gasteiger partial charge on any atom is 0.446 e. The van der Waals surface area contributed by atoms with Crippen LogP contribution in [0.25, 0.3) is 5.69 Å². The van der Waals surface area contributed by atoms with E-state index in [4.69, 9.17) is 23.2 Å². The third-order valence-corrected chi connectivity index (χ3v) is 5.37. The van der Waals surface area contributed by atoms with Gasteiger partial charge < -0.3 is 4.90 Å². The van der Waals surface area contributed by atoms with Crippen molar-refractivity contribution in [1.29, 1.82) is 5.26 Å². The average Bonchev–Trinajstić information content (AvgIpc) is 2.96. The molecule has 0 aliphatic rings. The van der Waals surface area contributed by atoms with E-state index < -0.39 is 49.6 Å². The third kappa shape index (κ3) is 5.93. The number of nitriles is 1. The summed E-state index contributed by atoms with van der Waals surface area (Å²) in [6, 6.07) is 2.84. The van der Waals surface area contributed by atoms with Crippen LogP contribution >= 0.6 is 35.0 Å². The van der Waals surface area contributed by atoms with Crippen LogP contribution in [0, 0.1) is 11.3 Å². The quantitative estimate of drug-likeness (QED) is 0.293. The van der Waals surface area contributed by atoms with Crippen LogP contribution in [-0.4, -0.2) is 28.4 Å². The molecule has 0 bridgehead atoms. The molecule has 1 aromatic heterocycles. The Hall–Kier alpha value is -1.77. The Morgan fingerprint density at radius 2 is 1.58 bits per heavy atom. The molecule has 0 radical (unpaired) electrons. The topological polar surface area (TPSA) is 44.9 Å². The molecule has 1 heterocycles. The zero-order chi connectivity index (χ0) is 23.6. The largest absolute Gasteiger partial charge is 0.446 e. The Kier molecular flexibility index (Phi) is 8.05. The third-order valence-electron chi connectivity index (χ3n) is 3.99. The number of hydrogen-bond acceptors (Lipinski definition) is 4. The smallest absolute Gasteiger partial charge is 0.356 e. The summed E-state index contributed by atoms with van der Waals surface area (Å²) < 4.78 is 79.9. The number of hydrogen-bond donors (Lipinski definition) is 0. The maximum atomic E-state index is 13.2. The van der Waals surface area contributed by atoms with E-state index in [1.54, 1.807) is 11.0 Å². The lowest BCUT2D eigenvalue weighted by Crippen LogP contribution is -2.28. The van der Waals surface area contributed by atoms with Crippen LogP contribution < -0.4 is 4.90 Å².